The Balaban J connectivity index is 2.20. The molecule has 6 heteroatoms. The second-order valence-electron chi connectivity index (χ2n) is 3.51. The third-order valence-electron chi connectivity index (χ3n) is 2.15. The molecule has 0 unspecified atom stereocenters. The average Bonchev–Trinajstić information content (AvgIpc) is 2.76. The molecule has 0 aliphatic heterocycles. The number of amides is 1. The van der Waals surface area contributed by atoms with Crippen LogP contribution in [0.2, 0.25) is 0 Å². The van der Waals surface area contributed by atoms with E-state index in [-0.39, 0.29) is 5.91 Å². The van der Waals surface area contributed by atoms with Crippen molar-refractivity contribution in [2.45, 2.75) is 18.9 Å². The Morgan fingerprint density at radius 3 is 3.19 bits per heavy atom. The summed E-state index contributed by atoms with van der Waals surface area (Å²) in [5.41, 5.74) is 6.56. The van der Waals surface area contributed by atoms with Gasteiger partial charge in [0.1, 0.15) is 0 Å². The van der Waals surface area contributed by atoms with Crippen LogP contribution in [0.4, 0.5) is 0 Å². The summed E-state index contributed by atoms with van der Waals surface area (Å²) >= 11 is 1.77. The molecule has 0 saturated carbocycles. The minimum Gasteiger partial charge on any atom is -0.355 e. The number of thioether (sulfide) groups is 1. The number of rotatable bonds is 7. The van der Waals surface area contributed by atoms with Crippen LogP contribution in [-0.4, -0.2) is 40.5 Å². The van der Waals surface area contributed by atoms with E-state index >= 15 is 0 Å². The van der Waals surface area contributed by atoms with E-state index in [0.29, 0.717) is 13.0 Å². The molecule has 5 nitrogen and oxygen atoms in total. The smallest absolute Gasteiger partial charge is 0.237 e. The van der Waals surface area contributed by atoms with Gasteiger partial charge in [0.25, 0.3) is 0 Å². The normalized spacial score (nSPS) is 12.4. The van der Waals surface area contributed by atoms with Crippen molar-refractivity contribution < 1.29 is 4.79 Å². The number of aromatic nitrogens is 2. The summed E-state index contributed by atoms with van der Waals surface area (Å²) in [5.74, 6) is 0.943. The fourth-order valence-electron chi connectivity index (χ4n) is 1.28. The monoisotopic (exact) mass is 242 g/mol. The van der Waals surface area contributed by atoms with Crippen LogP contribution >= 0.6 is 11.8 Å². The van der Waals surface area contributed by atoms with Crippen LogP contribution in [0, 0.1) is 0 Å². The predicted octanol–water partition coefficient (Wildman–Crippen LogP) is 0.149. The lowest BCUT2D eigenvalue weighted by molar-refractivity contribution is -0.122. The summed E-state index contributed by atoms with van der Waals surface area (Å²) in [6, 6.07) is -0.516. The molecule has 90 valence electrons. The molecular weight excluding hydrogens is 224 g/mol. The van der Waals surface area contributed by atoms with Gasteiger partial charge in [-0.2, -0.15) is 11.8 Å². The van der Waals surface area contributed by atoms with Crippen molar-refractivity contribution in [1.82, 2.24) is 15.3 Å². The van der Waals surface area contributed by atoms with Crippen LogP contribution in [0.1, 0.15) is 12.1 Å². The van der Waals surface area contributed by atoms with E-state index in [0.717, 1.165) is 17.9 Å². The van der Waals surface area contributed by atoms with Gasteiger partial charge in [-0.1, -0.05) is 0 Å². The van der Waals surface area contributed by atoms with E-state index < -0.39 is 6.04 Å². The highest BCUT2D eigenvalue weighted by molar-refractivity contribution is 7.98. The minimum atomic E-state index is -0.516. The second kappa shape index (κ2) is 7.29. The van der Waals surface area contributed by atoms with Crippen LogP contribution < -0.4 is 11.1 Å². The molecule has 0 radical (unpaired) electrons. The van der Waals surface area contributed by atoms with E-state index in [1.807, 2.05) is 6.26 Å². The molecule has 1 atom stereocenters. The van der Waals surface area contributed by atoms with E-state index in [9.17, 15) is 4.79 Å². The molecule has 0 fully saturated rings. The Hall–Kier alpha value is -1.01. The number of nitrogens with two attached hydrogens (primary N) is 1. The number of aromatic amines is 1. The van der Waals surface area contributed by atoms with Crippen LogP contribution in [0.3, 0.4) is 0 Å². The molecule has 16 heavy (non-hydrogen) atoms. The first-order valence-corrected chi connectivity index (χ1v) is 6.63. The predicted molar refractivity (Wildman–Crippen MR) is 66.3 cm³/mol. The minimum absolute atomic E-state index is 0.107. The Morgan fingerprint density at radius 1 is 1.75 bits per heavy atom. The second-order valence-corrected chi connectivity index (χ2v) is 4.49. The Kier molecular flexibility index (Phi) is 5.95. The third kappa shape index (κ3) is 4.67. The quantitative estimate of drug-likeness (QED) is 0.594. The van der Waals surface area contributed by atoms with E-state index in [4.69, 9.17) is 5.73 Å². The summed E-state index contributed by atoms with van der Waals surface area (Å²) in [4.78, 5) is 18.4. The van der Waals surface area contributed by atoms with Crippen molar-refractivity contribution in [2.24, 2.45) is 5.73 Å². The van der Waals surface area contributed by atoms with Gasteiger partial charge in [0.2, 0.25) is 5.91 Å². The van der Waals surface area contributed by atoms with Crippen molar-refractivity contribution in [2.75, 3.05) is 18.6 Å². The maximum atomic E-state index is 11.6. The van der Waals surface area contributed by atoms with Crippen LogP contribution in [-0.2, 0) is 11.2 Å². The summed E-state index contributed by atoms with van der Waals surface area (Å²) in [7, 11) is 0. The Labute approximate surface area is 99.6 Å². The van der Waals surface area contributed by atoms with Crippen LogP contribution in [0.25, 0.3) is 0 Å². The number of carbonyl (C=O) groups is 1. The fourth-order valence-corrected chi connectivity index (χ4v) is 1.71. The first kappa shape index (κ1) is 13.1. The molecule has 1 amide bonds. The molecule has 0 saturated heterocycles. The molecule has 4 N–H and O–H groups in total. The van der Waals surface area contributed by atoms with E-state index in [1.54, 1.807) is 24.3 Å². The number of hydrogen-bond acceptors (Lipinski definition) is 4. The highest BCUT2D eigenvalue weighted by atomic mass is 32.2. The third-order valence-corrected chi connectivity index (χ3v) is 2.84. The zero-order chi connectivity index (χ0) is 11.8. The van der Waals surface area contributed by atoms with Crippen molar-refractivity contribution in [1.29, 1.82) is 0 Å². The number of hydrogen-bond donors (Lipinski definition) is 3. The summed E-state index contributed by atoms with van der Waals surface area (Å²) in [6.45, 7) is 0.688. The molecular formula is C10H18N4OS. The lowest BCUT2D eigenvalue weighted by atomic mass is 10.1. The van der Waals surface area contributed by atoms with E-state index in [1.165, 1.54) is 0 Å². The topological polar surface area (TPSA) is 83.8 Å². The number of imidazole rings is 1. The molecule has 1 aromatic rings. The van der Waals surface area contributed by atoms with Gasteiger partial charge < -0.3 is 16.0 Å². The lowest BCUT2D eigenvalue weighted by Crippen LogP contribution is -2.42. The highest BCUT2D eigenvalue weighted by Crippen LogP contribution is 1.97. The summed E-state index contributed by atoms with van der Waals surface area (Å²) in [6.07, 6.45) is 6.82. The number of H-pyrrole nitrogens is 1. The van der Waals surface area contributed by atoms with Crippen molar-refractivity contribution >= 4 is 17.7 Å². The molecule has 1 heterocycles. The number of nitrogens with one attached hydrogen (secondary N) is 2. The zero-order valence-electron chi connectivity index (χ0n) is 9.40. The molecule has 1 rings (SSSR count). The first-order valence-electron chi connectivity index (χ1n) is 5.24. The largest absolute Gasteiger partial charge is 0.355 e. The number of carbonyl (C=O) groups excluding carboxylic acids is 1. The van der Waals surface area contributed by atoms with Crippen molar-refractivity contribution in [3.63, 3.8) is 0 Å². The van der Waals surface area contributed by atoms with E-state index in [2.05, 4.69) is 15.3 Å². The maximum absolute atomic E-state index is 11.6. The van der Waals surface area contributed by atoms with Gasteiger partial charge in [0.05, 0.1) is 18.1 Å². The van der Waals surface area contributed by atoms with Gasteiger partial charge in [-0.25, -0.2) is 4.98 Å². The SMILES string of the molecule is CSCCCNC(=O)[C@@H](N)Cc1c[nH]cn1. The van der Waals surface area contributed by atoms with Crippen molar-refractivity contribution in [3.8, 4) is 0 Å². The summed E-state index contributed by atoms with van der Waals surface area (Å²) < 4.78 is 0. The number of nitrogens with zero attached hydrogens (tertiary/aromatic N) is 1. The molecule has 0 spiro atoms. The van der Waals surface area contributed by atoms with Gasteiger partial charge in [0.15, 0.2) is 0 Å². The van der Waals surface area contributed by atoms with Crippen LogP contribution in [0.15, 0.2) is 12.5 Å². The van der Waals surface area contributed by atoms with Gasteiger partial charge in [0, 0.05) is 19.2 Å². The standard InChI is InChI=1S/C10H18N4OS/c1-16-4-2-3-13-10(15)9(11)5-8-6-12-7-14-8/h6-7,9H,2-5,11H2,1H3,(H,12,14)(H,13,15)/t9-/m0/s1. The Morgan fingerprint density at radius 2 is 2.56 bits per heavy atom. The van der Waals surface area contributed by atoms with Gasteiger partial charge in [-0.15, -0.1) is 0 Å². The molecule has 0 aliphatic rings. The zero-order valence-corrected chi connectivity index (χ0v) is 10.2. The molecule has 0 aromatic carbocycles. The van der Waals surface area contributed by atoms with Gasteiger partial charge in [-0.05, 0) is 18.4 Å². The lowest BCUT2D eigenvalue weighted by Gasteiger charge is -2.10. The summed E-state index contributed by atoms with van der Waals surface area (Å²) in [5, 5.41) is 2.81. The molecule has 0 bridgehead atoms. The first-order chi connectivity index (χ1) is 7.74. The van der Waals surface area contributed by atoms with Gasteiger partial charge >= 0.3 is 0 Å². The van der Waals surface area contributed by atoms with Crippen LogP contribution in [0.5, 0.6) is 0 Å². The highest BCUT2D eigenvalue weighted by Gasteiger charge is 2.13. The van der Waals surface area contributed by atoms with Crippen molar-refractivity contribution in [3.05, 3.63) is 18.2 Å². The molecule has 1 aromatic heterocycles. The maximum Gasteiger partial charge on any atom is 0.237 e. The average molecular weight is 242 g/mol. The van der Waals surface area contributed by atoms with Gasteiger partial charge in [-0.3, -0.25) is 4.79 Å². The fraction of sp³-hybridized carbons (Fsp3) is 0.600. The molecule has 0 aliphatic carbocycles. The Bertz CT molecular complexity index is 302.